The summed E-state index contributed by atoms with van der Waals surface area (Å²) in [6, 6.07) is 5.19. The van der Waals surface area contributed by atoms with Gasteiger partial charge in [0.15, 0.2) is 6.10 Å². The number of halogens is 2. The average Bonchev–Trinajstić information content (AvgIpc) is 2.14. The molecule has 2 unspecified atom stereocenters. The number of aliphatic hydroxyl groups is 2. The van der Waals surface area contributed by atoms with E-state index >= 15 is 0 Å². The quantitative estimate of drug-likeness (QED) is 0.792. The molecule has 0 aliphatic heterocycles. The third-order valence-corrected chi connectivity index (χ3v) is 2.12. The first-order valence-electron chi connectivity index (χ1n) is 3.76. The first-order valence-corrected chi connectivity index (χ1v) is 4.55. The fourth-order valence-corrected chi connectivity index (χ4v) is 1.48. The zero-order valence-electron chi connectivity index (χ0n) is 6.98. The van der Waals surface area contributed by atoms with Gasteiger partial charge in [-0.05, 0) is 23.8 Å². The number of hydrogen-bond donors (Lipinski definition) is 2. The average molecular weight is 260 g/mol. The Kier molecular flexibility index (Phi) is 3.58. The molecule has 0 saturated heterocycles. The van der Waals surface area contributed by atoms with E-state index < -0.39 is 18.0 Å². The Morgan fingerprint density at radius 2 is 2.00 bits per heavy atom. The van der Waals surface area contributed by atoms with E-state index in [0.29, 0.717) is 4.47 Å². The molecule has 74 valence electrons. The van der Waals surface area contributed by atoms with Gasteiger partial charge in [0, 0.05) is 4.47 Å². The van der Waals surface area contributed by atoms with Crippen LogP contribution in [0.25, 0.3) is 0 Å². The van der Waals surface area contributed by atoms with Gasteiger partial charge in [0.25, 0.3) is 0 Å². The van der Waals surface area contributed by atoms with Crippen LogP contribution in [0.1, 0.15) is 11.7 Å². The van der Waals surface area contributed by atoms with E-state index in [0.717, 1.165) is 6.07 Å². The van der Waals surface area contributed by atoms with E-state index in [4.69, 9.17) is 10.4 Å². The van der Waals surface area contributed by atoms with Crippen molar-refractivity contribution in [2.45, 2.75) is 12.2 Å². The van der Waals surface area contributed by atoms with Gasteiger partial charge >= 0.3 is 0 Å². The minimum absolute atomic E-state index is 0.158. The van der Waals surface area contributed by atoms with Crippen LogP contribution in [-0.2, 0) is 0 Å². The molecule has 0 radical (unpaired) electrons. The van der Waals surface area contributed by atoms with E-state index in [1.807, 2.05) is 0 Å². The third kappa shape index (κ3) is 2.51. The maximum absolute atomic E-state index is 12.9. The largest absolute Gasteiger partial charge is 0.385 e. The molecule has 1 rings (SSSR count). The van der Waals surface area contributed by atoms with Gasteiger partial charge in [-0.25, -0.2) is 4.39 Å². The van der Waals surface area contributed by atoms with Crippen LogP contribution in [0, 0.1) is 17.1 Å². The molecule has 5 heteroatoms. The molecule has 3 nitrogen and oxygen atoms in total. The standard InChI is InChI=1S/C9H7BrFNO2/c10-6-1-5(2-7(11)3-6)9(14)8(13)4-12/h1-3,8-9,13-14H. The SMILES string of the molecule is N#CC(O)C(O)c1cc(F)cc(Br)c1. The van der Waals surface area contributed by atoms with E-state index in [9.17, 15) is 9.50 Å². The van der Waals surface area contributed by atoms with Crippen LogP contribution in [0.4, 0.5) is 4.39 Å². The Bertz CT molecular complexity index is 357. The highest BCUT2D eigenvalue weighted by Gasteiger charge is 2.18. The Balaban J connectivity index is 3.02. The zero-order valence-corrected chi connectivity index (χ0v) is 8.57. The van der Waals surface area contributed by atoms with Crippen molar-refractivity contribution in [3.05, 3.63) is 34.1 Å². The molecule has 2 N–H and O–H groups in total. The van der Waals surface area contributed by atoms with Gasteiger partial charge in [-0.15, -0.1) is 0 Å². The number of nitriles is 1. The lowest BCUT2D eigenvalue weighted by Crippen LogP contribution is -2.15. The zero-order chi connectivity index (χ0) is 10.7. The molecule has 0 spiro atoms. The Morgan fingerprint density at radius 1 is 1.36 bits per heavy atom. The lowest BCUT2D eigenvalue weighted by atomic mass is 10.1. The lowest BCUT2D eigenvalue weighted by Gasteiger charge is -2.12. The van der Waals surface area contributed by atoms with Crippen molar-refractivity contribution in [3.63, 3.8) is 0 Å². The van der Waals surface area contributed by atoms with Crippen molar-refractivity contribution in [3.8, 4) is 6.07 Å². The molecule has 0 aromatic heterocycles. The molecule has 0 amide bonds. The lowest BCUT2D eigenvalue weighted by molar-refractivity contribution is 0.0525. The monoisotopic (exact) mass is 259 g/mol. The Hall–Kier alpha value is -0.960. The molecule has 0 aliphatic carbocycles. The minimum Gasteiger partial charge on any atom is -0.385 e. The summed E-state index contributed by atoms with van der Waals surface area (Å²) in [5.41, 5.74) is 0.158. The highest BCUT2D eigenvalue weighted by Crippen LogP contribution is 2.22. The van der Waals surface area contributed by atoms with Crippen LogP contribution in [0.15, 0.2) is 22.7 Å². The summed E-state index contributed by atoms with van der Waals surface area (Å²) in [4.78, 5) is 0. The molecule has 1 aromatic carbocycles. The highest BCUT2D eigenvalue weighted by molar-refractivity contribution is 9.10. The molecule has 0 heterocycles. The smallest absolute Gasteiger partial charge is 0.170 e. The van der Waals surface area contributed by atoms with Crippen molar-refractivity contribution < 1.29 is 14.6 Å². The van der Waals surface area contributed by atoms with Gasteiger partial charge in [-0.2, -0.15) is 5.26 Å². The van der Waals surface area contributed by atoms with Crippen LogP contribution < -0.4 is 0 Å². The van der Waals surface area contributed by atoms with Gasteiger partial charge < -0.3 is 10.2 Å². The maximum Gasteiger partial charge on any atom is 0.170 e. The molecule has 1 aromatic rings. The summed E-state index contributed by atoms with van der Waals surface area (Å²) in [5.74, 6) is -0.543. The van der Waals surface area contributed by atoms with Crippen molar-refractivity contribution in [2.24, 2.45) is 0 Å². The molecule has 0 aliphatic rings. The van der Waals surface area contributed by atoms with Gasteiger partial charge in [0.2, 0.25) is 0 Å². The second-order valence-electron chi connectivity index (χ2n) is 2.72. The number of nitrogens with zero attached hydrogens (tertiary/aromatic N) is 1. The number of benzene rings is 1. The molecule has 0 bridgehead atoms. The summed E-state index contributed by atoms with van der Waals surface area (Å²) in [5, 5.41) is 26.7. The number of hydrogen-bond acceptors (Lipinski definition) is 3. The number of rotatable bonds is 2. The predicted octanol–water partition coefficient (Wildman–Crippen LogP) is 1.51. The molecule has 0 saturated carbocycles. The van der Waals surface area contributed by atoms with Crippen LogP contribution in [0.5, 0.6) is 0 Å². The summed E-state index contributed by atoms with van der Waals surface area (Å²) in [6.45, 7) is 0. The molecule has 0 fully saturated rings. The second kappa shape index (κ2) is 4.51. The van der Waals surface area contributed by atoms with Crippen molar-refractivity contribution in [1.82, 2.24) is 0 Å². The summed E-state index contributed by atoms with van der Waals surface area (Å²) in [7, 11) is 0. The van der Waals surface area contributed by atoms with Crippen LogP contribution in [0.2, 0.25) is 0 Å². The van der Waals surface area contributed by atoms with Crippen molar-refractivity contribution in [1.29, 1.82) is 5.26 Å². The second-order valence-corrected chi connectivity index (χ2v) is 3.64. The third-order valence-electron chi connectivity index (χ3n) is 1.66. The minimum atomic E-state index is -1.55. The molecular weight excluding hydrogens is 253 g/mol. The predicted molar refractivity (Wildman–Crippen MR) is 50.7 cm³/mol. The van der Waals surface area contributed by atoms with Gasteiger partial charge in [0.1, 0.15) is 11.9 Å². The van der Waals surface area contributed by atoms with E-state index in [1.165, 1.54) is 18.2 Å². The summed E-state index contributed by atoms with van der Waals surface area (Å²) >= 11 is 3.04. The Morgan fingerprint density at radius 3 is 2.50 bits per heavy atom. The fraction of sp³-hybridized carbons (Fsp3) is 0.222. The molecule has 14 heavy (non-hydrogen) atoms. The summed E-state index contributed by atoms with van der Waals surface area (Å²) < 4.78 is 13.3. The molecule has 2 atom stereocenters. The maximum atomic E-state index is 12.9. The van der Waals surface area contributed by atoms with E-state index in [-0.39, 0.29) is 5.56 Å². The van der Waals surface area contributed by atoms with Gasteiger partial charge in [0.05, 0.1) is 6.07 Å². The topological polar surface area (TPSA) is 64.2 Å². The highest BCUT2D eigenvalue weighted by atomic mass is 79.9. The van der Waals surface area contributed by atoms with E-state index in [1.54, 1.807) is 0 Å². The molecular formula is C9H7BrFNO2. The first kappa shape index (κ1) is 11.1. The van der Waals surface area contributed by atoms with Crippen molar-refractivity contribution in [2.75, 3.05) is 0 Å². The van der Waals surface area contributed by atoms with E-state index in [2.05, 4.69) is 15.9 Å². The van der Waals surface area contributed by atoms with Crippen LogP contribution in [0.3, 0.4) is 0 Å². The van der Waals surface area contributed by atoms with Gasteiger partial charge in [-0.3, -0.25) is 0 Å². The first-order chi connectivity index (χ1) is 6.54. The normalized spacial score (nSPS) is 14.5. The Labute approximate surface area is 88.5 Å². The van der Waals surface area contributed by atoms with Crippen LogP contribution in [-0.4, -0.2) is 16.3 Å². The fourth-order valence-electron chi connectivity index (χ4n) is 0.999. The van der Waals surface area contributed by atoms with Gasteiger partial charge in [-0.1, -0.05) is 15.9 Å². The van der Waals surface area contributed by atoms with Crippen LogP contribution >= 0.6 is 15.9 Å². The van der Waals surface area contributed by atoms with Crippen molar-refractivity contribution >= 4 is 15.9 Å². The number of aliphatic hydroxyl groups excluding tert-OH is 2. The summed E-state index contributed by atoms with van der Waals surface area (Å²) in [6.07, 6.45) is -2.95.